The lowest BCUT2D eigenvalue weighted by Crippen LogP contribution is -2.71. The average molecular weight is 490 g/mol. The molecule has 5 heterocycles. The third kappa shape index (κ3) is 5.21. The van der Waals surface area contributed by atoms with Crippen LogP contribution in [0.4, 0.5) is 26.4 Å². The first-order valence-corrected chi connectivity index (χ1v) is 12.0. The largest absolute Gasteiger partial charge is 0.431 e. The molecule has 1 unspecified atom stereocenters. The molecule has 0 aliphatic carbocycles. The molecule has 3 aliphatic rings. The highest BCUT2D eigenvalue weighted by molar-refractivity contribution is 5.76. The number of nitrogens with two attached hydrogens (primary N) is 1. The van der Waals surface area contributed by atoms with E-state index in [9.17, 15) is 13.6 Å². The van der Waals surface area contributed by atoms with Crippen molar-refractivity contribution in [2.24, 2.45) is 0 Å². The Balaban J connectivity index is 1.32. The standard InChI is InChI=1S/C23H29F2N7O3/c24-22(25)35-17-9-14(11-28-21(17)26)15-10-19(32-12-18-16(32)13-34-18)30-23(29-15)27-6-4-8-31-7-3-1-2-5-20(31)33/h9-11,16,18,22H,1-8,12-13H2,(H2,26,28)(H,27,29,30)/t16-,18?/m1/s1. The fraction of sp³-hybridized carbons (Fsp3) is 0.565. The molecule has 1 amide bonds. The predicted octanol–water partition coefficient (Wildman–Crippen LogP) is 2.51. The number of rotatable bonds is 9. The number of hydrogen-bond acceptors (Lipinski definition) is 9. The SMILES string of the molecule is Nc1ncc(-c2cc(N3CC4OC[C@H]43)nc(NCCCN3CCCCCC3=O)n2)cc1OC(F)F. The highest BCUT2D eigenvalue weighted by atomic mass is 19.3. The Morgan fingerprint density at radius 1 is 1.26 bits per heavy atom. The van der Waals surface area contributed by atoms with Gasteiger partial charge in [-0.25, -0.2) is 9.97 Å². The molecule has 12 heteroatoms. The summed E-state index contributed by atoms with van der Waals surface area (Å²) in [6.07, 6.45) is 6.17. The number of morpholine rings is 1. The minimum atomic E-state index is -3.01. The fourth-order valence-electron chi connectivity index (χ4n) is 4.58. The molecule has 3 aliphatic heterocycles. The molecule has 2 aromatic heterocycles. The van der Waals surface area contributed by atoms with Crippen LogP contribution in [0.15, 0.2) is 18.3 Å². The maximum atomic E-state index is 12.8. The van der Waals surface area contributed by atoms with E-state index < -0.39 is 6.61 Å². The summed E-state index contributed by atoms with van der Waals surface area (Å²) in [6, 6.07) is 3.48. The van der Waals surface area contributed by atoms with Gasteiger partial charge in [-0.2, -0.15) is 13.8 Å². The summed E-state index contributed by atoms with van der Waals surface area (Å²) >= 11 is 0. The van der Waals surface area contributed by atoms with E-state index in [0.29, 0.717) is 43.3 Å². The lowest BCUT2D eigenvalue weighted by Gasteiger charge is -2.55. The zero-order valence-electron chi connectivity index (χ0n) is 19.3. The number of nitrogens with one attached hydrogen (secondary N) is 1. The number of anilines is 3. The number of aromatic nitrogens is 3. The number of ether oxygens (including phenoxy) is 2. The second kappa shape index (κ2) is 10.1. The maximum absolute atomic E-state index is 12.8. The molecule has 35 heavy (non-hydrogen) atoms. The summed E-state index contributed by atoms with van der Waals surface area (Å²) in [5, 5.41) is 3.26. The summed E-state index contributed by atoms with van der Waals surface area (Å²) in [5.41, 5.74) is 6.69. The van der Waals surface area contributed by atoms with Crippen molar-refractivity contribution >= 4 is 23.5 Å². The zero-order chi connectivity index (χ0) is 24.4. The number of nitrogen functional groups attached to an aromatic ring is 1. The van der Waals surface area contributed by atoms with Crippen molar-refractivity contribution in [2.75, 3.05) is 48.7 Å². The van der Waals surface area contributed by atoms with E-state index in [4.69, 9.17) is 10.5 Å². The van der Waals surface area contributed by atoms with Crippen LogP contribution in [0.25, 0.3) is 11.3 Å². The molecule has 0 saturated carbocycles. The van der Waals surface area contributed by atoms with Crippen LogP contribution in [0.3, 0.4) is 0 Å². The molecule has 5 rings (SSSR count). The second-order valence-electron chi connectivity index (χ2n) is 8.98. The Morgan fingerprint density at radius 3 is 2.89 bits per heavy atom. The third-order valence-corrected chi connectivity index (χ3v) is 6.65. The fourth-order valence-corrected chi connectivity index (χ4v) is 4.58. The van der Waals surface area contributed by atoms with E-state index in [1.165, 1.54) is 12.3 Å². The van der Waals surface area contributed by atoms with Crippen LogP contribution in [-0.4, -0.2) is 77.3 Å². The maximum Gasteiger partial charge on any atom is 0.387 e. The van der Waals surface area contributed by atoms with E-state index in [1.807, 2.05) is 4.90 Å². The predicted molar refractivity (Wildman–Crippen MR) is 125 cm³/mol. The number of nitrogens with zero attached hydrogens (tertiary/aromatic N) is 5. The van der Waals surface area contributed by atoms with Gasteiger partial charge in [0, 0.05) is 50.4 Å². The third-order valence-electron chi connectivity index (χ3n) is 6.65. The number of alkyl halides is 2. The summed E-state index contributed by atoms with van der Waals surface area (Å²) in [7, 11) is 0. The summed E-state index contributed by atoms with van der Waals surface area (Å²) in [6.45, 7) is 0.440. The van der Waals surface area contributed by atoms with Crippen molar-refractivity contribution in [3.8, 4) is 17.0 Å². The van der Waals surface area contributed by atoms with Gasteiger partial charge in [0.15, 0.2) is 11.6 Å². The first-order chi connectivity index (χ1) is 17.0. The van der Waals surface area contributed by atoms with Crippen molar-refractivity contribution < 1.29 is 23.0 Å². The molecular formula is C23H29F2N7O3. The summed E-state index contributed by atoms with van der Waals surface area (Å²) < 4.78 is 35.6. The van der Waals surface area contributed by atoms with Gasteiger partial charge >= 0.3 is 6.61 Å². The Hall–Kier alpha value is -3.28. The Bertz CT molecular complexity index is 1070. The number of fused-ring (bicyclic) bond motifs is 1. The molecular weight excluding hydrogens is 460 g/mol. The van der Waals surface area contributed by atoms with Crippen LogP contribution < -0.4 is 20.7 Å². The highest BCUT2D eigenvalue weighted by Crippen LogP contribution is 2.36. The average Bonchev–Trinajstić information content (AvgIpc) is 3.03. The molecule has 0 radical (unpaired) electrons. The number of carbonyl (C=O) groups excluding carboxylic acids is 1. The first kappa shape index (κ1) is 23.5. The lowest BCUT2D eigenvalue weighted by atomic mass is 9.95. The van der Waals surface area contributed by atoms with E-state index in [2.05, 4.69) is 29.9 Å². The van der Waals surface area contributed by atoms with Crippen molar-refractivity contribution in [3.63, 3.8) is 0 Å². The summed E-state index contributed by atoms with van der Waals surface area (Å²) in [5.74, 6) is 1.03. The number of likely N-dealkylation sites (tertiary alicyclic amines) is 1. The molecule has 10 nitrogen and oxygen atoms in total. The first-order valence-electron chi connectivity index (χ1n) is 12.0. The van der Waals surface area contributed by atoms with E-state index in [0.717, 1.165) is 44.6 Å². The van der Waals surface area contributed by atoms with Crippen LogP contribution in [0.5, 0.6) is 5.75 Å². The minimum Gasteiger partial charge on any atom is -0.431 e. The van der Waals surface area contributed by atoms with E-state index in [-0.39, 0.29) is 29.6 Å². The van der Waals surface area contributed by atoms with Crippen molar-refractivity contribution in [1.29, 1.82) is 0 Å². The molecule has 0 bridgehead atoms. The number of hydrogen-bond donors (Lipinski definition) is 2. The smallest absolute Gasteiger partial charge is 0.387 e. The topological polar surface area (TPSA) is 119 Å². The van der Waals surface area contributed by atoms with Crippen LogP contribution in [0, 0.1) is 0 Å². The molecule has 0 spiro atoms. The summed E-state index contributed by atoms with van der Waals surface area (Å²) in [4.78, 5) is 29.5. The van der Waals surface area contributed by atoms with Gasteiger partial charge in [0.1, 0.15) is 5.82 Å². The van der Waals surface area contributed by atoms with Gasteiger partial charge in [-0.1, -0.05) is 6.42 Å². The molecule has 0 aromatic carbocycles. The van der Waals surface area contributed by atoms with Gasteiger partial charge in [0.05, 0.1) is 24.4 Å². The van der Waals surface area contributed by atoms with Gasteiger partial charge in [0.2, 0.25) is 11.9 Å². The minimum absolute atomic E-state index is 0.123. The number of halogens is 2. The van der Waals surface area contributed by atoms with Gasteiger partial charge in [0.25, 0.3) is 0 Å². The zero-order valence-corrected chi connectivity index (χ0v) is 19.3. The Morgan fingerprint density at radius 2 is 2.14 bits per heavy atom. The normalized spacial score (nSPS) is 21.7. The quantitative estimate of drug-likeness (QED) is 0.512. The number of pyridine rings is 1. The lowest BCUT2D eigenvalue weighted by molar-refractivity contribution is -0.130. The van der Waals surface area contributed by atoms with Crippen molar-refractivity contribution in [3.05, 3.63) is 18.3 Å². The molecule has 3 saturated heterocycles. The second-order valence-corrected chi connectivity index (χ2v) is 8.98. The number of carbonyl (C=O) groups is 1. The highest BCUT2D eigenvalue weighted by Gasteiger charge is 2.48. The molecule has 188 valence electrons. The van der Waals surface area contributed by atoms with Crippen LogP contribution in [0.1, 0.15) is 32.1 Å². The van der Waals surface area contributed by atoms with Crippen LogP contribution >= 0.6 is 0 Å². The van der Waals surface area contributed by atoms with Gasteiger partial charge in [-0.15, -0.1) is 0 Å². The monoisotopic (exact) mass is 489 g/mol. The molecule has 2 aromatic rings. The van der Waals surface area contributed by atoms with Crippen molar-refractivity contribution in [1.82, 2.24) is 19.9 Å². The molecule has 2 atom stereocenters. The molecule has 3 N–H and O–H groups in total. The van der Waals surface area contributed by atoms with E-state index >= 15 is 0 Å². The van der Waals surface area contributed by atoms with Crippen LogP contribution in [-0.2, 0) is 9.53 Å². The number of amides is 1. The van der Waals surface area contributed by atoms with Gasteiger partial charge in [-0.05, 0) is 25.3 Å². The van der Waals surface area contributed by atoms with Gasteiger partial charge in [-0.3, -0.25) is 4.79 Å². The van der Waals surface area contributed by atoms with E-state index in [1.54, 1.807) is 6.07 Å². The molecule has 3 fully saturated rings. The Labute approximate surface area is 201 Å². The van der Waals surface area contributed by atoms with Crippen molar-refractivity contribution in [2.45, 2.75) is 50.9 Å². The van der Waals surface area contributed by atoms with Crippen LogP contribution in [0.2, 0.25) is 0 Å². The Kier molecular flexibility index (Phi) is 6.80. The van der Waals surface area contributed by atoms with Gasteiger partial charge < -0.3 is 30.3 Å².